The zero-order chi connectivity index (χ0) is 13.4. The van der Waals surface area contributed by atoms with E-state index >= 15 is 0 Å². The molecule has 0 aliphatic rings. The van der Waals surface area contributed by atoms with Crippen LogP contribution in [0, 0.1) is 0 Å². The molecule has 0 fully saturated rings. The van der Waals surface area contributed by atoms with Gasteiger partial charge in [0.2, 0.25) is 0 Å². The molecule has 0 saturated heterocycles. The standard InChI is InChI=1S/C14H28Cl2O/c1-13(2,9-5-7-11-15)17-14(3,4)10-6-8-12-16/h5-12H2,1-4H3. The van der Waals surface area contributed by atoms with E-state index in [9.17, 15) is 0 Å². The van der Waals surface area contributed by atoms with Crippen LogP contribution in [0.1, 0.15) is 66.2 Å². The Morgan fingerprint density at radius 2 is 1.06 bits per heavy atom. The SMILES string of the molecule is CC(C)(CCCCCl)OC(C)(C)CCCCCl. The third-order valence-corrected chi connectivity index (χ3v) is 3.41. The molecule has 0 aromatic rings. The third-order valence-electron chi connectivity index (χ3n) is 2.88. The molecule has 0 aliphatic carbocycles. The number of halogens is 2. The summed E-state index contributed by atoms with van der Waals surface area (Å²) in [5, 5.41) is 0. The minimum atomic E-state index is -0.0590. The summed E-state index contributed by atoms with van der Waals surface area (Å²) < 4.78 is 6.23. The van der Waals surface area contributed by atoms with Gasteiger partial charge in [0.15, 0.2) is 0 Å². The fourth-order valence-electron chi connectivity index (χ4n) is 2.14. The molecule has 0 N–H and O–H groups in total. The molecule has 104 valence electrons. The van der Waals surface area contributed by atoms with Crippen molar-refractivity contribution in [1.29, 1.82) is 0 Å². The molecule has 0 saturated carbocycles. The lowest BCUT2D eigenvalue weighted by atomic mass is 9.96. The Morgan fingerprint density at radius 1 is 0.706 bits per heavy atom. The van der Waals surface area contributed by atoms with Gasteiger partial charge in [-0.05, 0) is 66.2 Å². The lowest BCUT2D eigenvalue weighted by Crippen LogP contribution is -2.37. The molecule has 0 radical (unpaired) electrons. The minimum absolute atomic E-state index is 0.0590. The molecule has 0 aromatic carbocycles. The first-order chi connectivity index (χ1) is 7.83. The van der Waals surface area contributed by atoms with E-state index in [4.69, 9.17) is 27.9 Å². The number of unbranched alkanes of at least 4 members (excludes halogenated alkanes) is 2. The lowest BCUT2D eigenvalue weighted by molar-refractivity contribution is -0.130. The van der Waals surface area contributed by atoms with Crippen LogP contribution in [-0.4, -0.2) is 23.0 Å². The van der Waals surface area contributed by atoms with Gasteiger partial charge in [-0.2, -0.15) is 0 Å². The first-order valence-electron chi connectivity index (χ1n) is 6.65. The van der Waals surface area contributed by atoms with Gasteiger partial charge in [-0.3, -0.25) is 0 Å². The number of rotatable bonds is 10. The van der Waals surface area contributed by atoms with Crippen molar-refractivity contribution in [2.24, 2.45) is 0 Å². The zero-order valence-corrected chi connectivity index (χ0v) is 13.3. The molecule has 0 unspecified atom stereocenters. The van der Waals surface area contributed by atoms with Crippen molar-refractivity contribution < 1.29 is 4.74 Å². The molecular formula is C14H28Cl2O. The maximum Gasteiger partial charge on any atom is 0.0633 e. The van der Waals surface area contributed by atoms with Gasteiger partial charge in [0.25, 0.3) is 0 Å². The Bertz CT molecular complexity index is 171. The van der Waals surface area contributed by atoms with Crippen LogP contribution in [0.3, 0.4) is 0 Å². The fraction of sp³-hybridized carbons (Fsp3) is 1.00. The number of ether oxygens (including phenoxy) is 1. The smallest absolute Gasteiger partial charge is 0.0633 e. The largest absolute Gasteiger partial charge is 0.370 e. The van der Waals surface area contributed by atoms with Gasteiger partial charge in [-0.15, -0.1) is 23.2 Å². The van der Waals surface area contributed by atoms with E-state index in [2.05, 4.69) is 27.7 Å². The average Bonchev–Trinajstić information content (AvgIpc) is 2.16. The summed E-state index contributed by atoms with van der Waals surface area (Å²) in [7, 11) is 0. The molecule has 0 spiro atoms. The first-order valence-corrected chi connectivity index (χ1v) is 7.72. The summed E-state index contributed by atoms with van der Waals surface area (Å²) in [6, 6.07) is 0. The summed E-state index contributed by atoms with van der Waals surface area (Å²) >= 11 is 11.4. The second kappa shape index (κ2) is 8.61. The topological polar surface area (TPSA) is 9.23 Å². The van der Waals surface area contributed by atoms with Crippen molar-refractivity contribution >= 4 is 23.2 Å². The zero-order valence-electron chi connectivity index (χ0n) is 11.8. The highest BCUT2D eigenvalue weighted by Gasteiger charge is 2.28. The van der Waals surface area contributed by atoms with Crippen LogP contribution in [0.2, 0.25) is 0 Å². The van der Waals surface area contributed by atoms with E-state index in [0.29, 0.717) is 0 Å². The second-order valence-corrected chi connectivity index (χ2v) is 6.67. The highest BCUT2D eigenvalue weighted by molar-refractivity contribution is 6.18. The van der Waals surface area contributed by atoms with Gasteiger partial charge in [-0.1, -0.05) is 0 Å². The summed E-state index contributed by atoms with van der Waals surface area (Å²) in [5.74, 6) is 1.49. The van der Waals surface area contributed by atoms with Crippen molar-refractivity contribution in [3.8, 4) is 0 Å². The molecular weight excluding hydrogens is 255 g/mol. The monoisotopic (exact) mass is 282 g/mol. The van der Waals surface area contributed by atoms with Crippen molar-refractivity contribution in [2.75, 3.05) is 11.8 Å². The van der Waals surface area contributed by atoms with Gasteiger partial charge in [0.05, 0.1) is 11.2 Å². The number of hydrogen-bond acceptors (Lipinski definition) is 1. The fourth-order valence-corrected chi connectivity index (χ4v) is 2.52. The Labute approximate surface area is 117 Å². The predicted molar refractivity (Wildman–Crippen MR) is 78.4 cm³/mol. The van der Waals surface area contributed by atoms with E-state index in [1.807, 2.05) is 0 Å². The summed E-state index contributed by atoms with van der Waals surface area (Å²) in [4.78, 5) is 0. The van der Waals surface area contributed by atoms with Crippen molar-refractivity contribution in [1.82, 2.24) is 0 Å². The van der Waals surface area contributed by atoms with Gasteiger partial charge < -0.3 is 4.74 Å². The molecule has 0 aliphatic heterocycles. The molecule has 0 heterocycles. The Balaban J connectivity index is 3.99. The summed E-state index contributed by atoms with van der Waals surface area (Å²) in [6.07, 6.45) is 6.54. The van der Waals surface area contributed by atoms with Gasteiger partial charge >= 0.3 is 0 Å². The lowest BCUT2D eigenvalue weighted by Gasteiger charge is -2.36. The molecule has 0 amide bonds. The molecule has 17 heavy (non-hydrogen) atoms. The van der Waals surface area contributed by atoms with E-state index in [-0.39, 0.29) is 11.2 Å². The highest BCUT2D eigenvalue weighted by atomic mass is 35.5. The van der Waals surface area contributed by atoms with Crippen LogP contribution in [0.5, 0.6) is 0 Å². The first kappa shape index (κ1) is 17.5. The van der Waals surface area contributed by atoms with Crippen LogP contribution in [0.15, 0.2) is 0 Å². The van der Waals surface area contributed by atoms with Crippen molar-refractivity contribution in [3.63, 3.8) is 0 Å². The van der Waals surface area contributed by atoms with E-state index in [1.54, 1.807) is 0 Å². The molecule has 1 nitrogen and oxygen atoms in total. The average molecular weight is 283 g/mol. The van der Waals surface area contributed by atoms with Gasteiger partial charge in [0.1, 0.15) is 0 Å². The molecule has 3 heteroatoms. The highest BCUT2D eigenvalue weighted by Crippen LogP contribution is 2.28. The molecule has 0 atom stereocenters. The minimum Gasteiger partial charge on any atom is -0.370 e. The number of alkyl halides is 2. The Kier molecular flexibility index (Phi) is 8.88. The third kappa shape index (κ3) is 10.2. The molecule has 0 aromatic heterocycles. The van der Waals surface area contributed by atoms with E-state index < -0.39 is 0 Å². The van der Waals surface area contributed by atoms with Crippen LogP contribution < -0.4 is 0 Å². The summed E-state index contributed by atoms with van der Waals surface area (Å²) in [6.45, 7) is 8.68. The summed E-state index contributed by atoms with van der Waals surface area (Å²) in [5.41, 5.74) is -0.118. The van der Waals surface area contributed by atoms with Gasteiger partial charge in [-0.25, -0.2) is 0 Å². The Hall–Kier alpha value is 0.540. The van der Waals surface area contributed by atoms with Crippen LogP contribution in [0.4, 0.5) is 0 Å². The van der Waals surface area contributed by atoms with Crippen LogP contribution in [0.25, 0.3) is 0 Å². The number of hydrogen-bond donors (Lipinski definition) is 0. The van der Waals surface area contributed by atoms with E-state index in [0.717, 1.165) is 50.3 Å². The maximum atomic E-state index is 6.23. The van der Waals surface area contributed by atoms with E-state index in [1.165, 1.54) is 0 Å². The Morgan fingerprint density at radius 3 is 1.35 bits per heavy atom. The maximum absolute atomic E-state index is 6.23. The van der Waals surface area contributed by atoms with Crippen molar-refractivity contribution in [2.45, 2.75) is 77.4 Å². The molecule has 0 bridgehead atoms. The predicted octanol–water partition coefficient (Wildman–Crippen LogP) is 5.38. The second-order valence-electron chi connectivity index (χ2n) is 5.91. The molecule has 0 rings (SSSR count). The van der Waals surface area contributed by atoms with Gasteiger partial charge in [0, 0.05) is 11.8 Å². The van der Waals surface area contributed by atoms with Crippen LogP contribution in [-0.2, 0) is 4.74 Å². The van der Waals surface area contributed by atoms with Crippen molar-refractivity contribution in [3.05, 3.63) is 0 Å². The quantitative estimate of drug-likeness (QED) is 0.386. The van der Waals surface area contributed by atoms with Crippen LogP contribution >= 0.6 is 23.2 Å². The normalized spacial score (nSPS) is 13.1.